The zero-order valence-electron chi connectivity index (χ0n) is 24.1. The molecule has 1 aliphatic rings. The Bertz CT molecular complexity index is 1650. The molecule has 3 N–H and O–H groups in total. The third-order valence-electron chi connectivity index (χ3n) is 7.93. The fourth-order valence-electron chi connectivity index (χ4n) is 5.73. The fourth-order valence-corrected chi connectivity index (χ4v) is 5.73. The average Bonchev–Trinajstić information content (AvgIpc) is 3.28. The van der Waals surface area contributed by atoms with Crippen LogP contribution in [0.3, 0.4) is 0 Å². The summed E-state index contributed by atoms with van der Waals surface area (Å²) < 4.78 is 2.13. The van der Waals surface area contributed by atoms with E-state index in [1.54, 1.807) is 38.1 Å². The number of rotatable bonds is 8. The predicted octanol–water partition coefficient (Wildman–Crippen LogP) is 5.93. The van der Waals surface area contributed by atoms with E-state index < -0.39 is 11.5 Å². The molecule has 1 saturated carbocycles. The van der Waals surface area contributed by atoms with Crippen molar-refractivity contribution >= 4 is 40.4 Å². The maximum atomic E-state index is 13.4. The first-order valence-electron chi connectivity index (χ1n) is 14.2. The predicted molar refractivity (Wildman–Crippen MR) is 163 cm³/mol. The van der Waals surface area contributed by atoms with E-state index in [4.69, 9.17) is 5.11 Å². The molecule has 2 aromatic carbocycles. The molecule has 0 unspecified atom stereocenters. The molecule has 9 heteroatoms. The highest BCUT2D eigenvalue weighted by molar-refractivity contribution is 6.05. The van der Waals surface area contributed by atoms with Gasteiger partial charge >= 0.3 is 5.97 Å². The Hall–Kier alpha value is -4.79. The van der Waals surface area contributed by atoms with E-state index in [2.05, 4.69) is 25.2 Å². The number of carbonyl (C=O) groups is 3. The van der Waals surface area contributed by atoms with E-state index in [-0.39, 0.29) is 11.8 Å². The van der Waals surface area contributed by atoms with Crippen LogP contribution >= 0.6 is 0 Å². The van der Waals surface area contributed by atoms with Gasteiger partial charge < -0.3 is 20.3 Å². The molecule has 42 heavy (non-hydrogen) atoms. The lowest BCUT2D eigenvalue weighted by atomic mass is 9.82. The normalized spacial score (nSPS) is 14.3. The Morgan fingerprint density at radius 1 is 1.00 bits per heavy atom. The van der Waals surface area contributed by atoms with Crippen LogP contribution < -0.4 is 10.6 Å². The van der Waals surface area contributed by atoms with E-state index >= 15 is 0 Å². The van der Waals surface area contributed by atoms with Crippen LogP contribution in [-0.2, 0) is 16.6 Å². The molecule has 0 saturated heterocycles. The second kappa shape index (κ2) is 12.0. The highest BCUT2D eigenvalue weighted by Crippen LogP contribution is 2.43. The van der Waals surface area contributed by atoms with Gasteiger partial charge in [-0.3, -0.25) is 9.59 Å². The van der Waals surface area contributed by atoms with Gasteiger partial charge in [0.2, 0.25) is 5.91 Å². The van der Waals surface area contributed by atoms with Gasteiger partial charge in [-0.05, 0) is 74.1 Å². The number of carboxylic acid groups (broad SMARTS) is 1. The molecule has 2 aromatic heterocycles. The van der Waals surface area contributed by atoms with Crippen molar-refractivity contribution in [3.05, 3.63) is 84.0 Å². The highest BCUT2D eigenvalue weighted by atomic mass is 16.4. The summed E-state index contributed by atoms with van der Waals surface area (Å²) in [7, 11) is 2.01. The summed E-state index contributed by atoms with van der Waals surface area (Å²) in [6, 6.07) is 12.5. The van der Waals surface area contributed by atoms with Crippen molar-refractivity contribution in [2.45, 2.75) is 57.4 Å². The second-order valence-electron chi connectivity index (χ2n) is 11.3. The van der Waals surface area contributed by atoms with Crippen molar-refractivity contribution in [2.75, 3.05) is 5.32 Å². The molecule has 0 atom stereocenters. The molecule has 4 aromatic rings. The maximum Gasteiger partial charge on any atom is 0.328 e. The summed E-state index contributed by atoms with van der Waals surface area (Å²) in [5.41, 5.74) is 4.75. The van der Waals surface area contributed by atoms with E-state index in [1.807, 2.05) is 37.6 Å². The number of hydrogen-bond acceptors (Lipinski definition) is 5. The summed E-state index contributed by atoms with van der Waals surface area (Å²) >= 11 is 0. The largest absolute Gasteiger partial charge is 0.478 e. The molecule has 0 radical (unpaired) electrons. The van der Waals surface area contributed by atoms with Gasteiger partial charge in [0.15, 0.2) is 0 Å². The number of carboxylic acids is 1. The number of carbonyl (C=O) groups excluding carboxylic acids is 2. The molecular formula is C33H35N5O4. The van der Waals surface area contributed by atoms with Crippen LogP contribution in [0, 0.1) is 0 Å². The van der Waals surface area contributed by atoms with Crippen LogP contribution in [0.15, 0.2) is 67.3 Å². The Kier molecular flexibility index (Phi) is 8.20. The maximum absolute atomic E-state index is 13.4. The van der Waals surface area contributed by atoms with E-state index in [0.29, 0.717) is 22.7 Å². The number of benzene rings is 2. The van der Waals surface area contributed by atoms with Crippen LogP contribution in [-0.4, -0.2) is 43.0 Å². The Morgan fingerprint density at radius 3 is 2.36 bits per heavy atom. The zero-order chi connectivity index (χ0) is 29.9. The average molecular weight is 566 g/mol. The number of hydrogen-bond donors (Lipinski definition) is 3. The van der Waals surface area contributed by atoms with Gasteiger partial charge in [0.1, 0.15) is 11.9 Å². The molecule has 0 spiro atoms. The van der Waals surface area contributed by atoms with Crippen molar-refractivity contribution in [3.63, 3.8) is 0 Å². The van der Waals surface area contributed by atoms with Crippen LogP contribution in [0.1, 0.15) is 73.4 Å². The molecular weight excluding hydrogens is 530 g/mol. The molecule has 1 aliphatic carbocycles. The minimum absolute atomic E-state index is 0.351. The Balaban J connectivity index is 1.38. The Morgan fingerprint density at radius 2 is 1.69 bits per heavy atom. The highest BCUT2D eigenvalue weighted by Gasteiger charge is 2.31. The van der Waals surface area contributed by atoms with E-state index in [1.165, 1.54) is 37.2 Å². The summed E-state index contributed by atoms with van der Waals surface area (Å²) in [5.74, 6) is -1.33. The lowest BCUT2D eigenvalue weighted by molar-refractivity contribution is -0.131. The molecule has 1 fully saturated rings. The van der Waals surface area contributed by atoms with Crippen LogP contribution in [0.2, 0.25) is 0 Å². The third-order valence-corrected chi connectivity index (χ3v) is 7.93. The monoisotopic (exact) mass is 565 g/mol. The number of anilines is 1. The van der Waals surface area contributed by atoms with Crippen molar-refractivity contribution in [3.8, 4) is 11.3 Å². The first kappa shape index (κ1) is 28.7. The van der Waals surface area contributed by atoms with Crippen molar-refractivity contribution < 1.29 is 19.5 Å². The van der Waals surface area contributed by atoms with Crippen LogP contribution in [0.4, 0.5) is 5.69 Å². The minimum atomic E-state index is -1.21. The third kappa shape index (κ3) is 6.10. The van der Waals surface area contributed by atoms with Gasteiger partial charge in [-0.2, -0.15) is 0 Å². The summed E-state index contributed by atoms with van der Waals surface area (Å²) in [6.07, 6.45) is 13.6. The lowest BCUT2D eigenvalue weighted by Crippen LogP contribution is -2.52. The summed E-state index contributed by atoms with van der Waals surface area (Å²) in [5, 5.41) is 15.6. The van der Waals surface area contributed by atoms with Gasteiger partial charge in [0.05, 0.1) is 5.69 Å². The number of amides is 2. The number of nitrogens with one attached hydrogen (secondary N) is 2. The van der Waals surface area contributed by atoms with Gasteiger partial charge in [0, 0.05) is 53.2 Å². The standard InChI is InChI=1S/C33H35N5O4/c1-33(2,32(42)36-25-13-9-21(10-14-25)11-16-28(39)40)37-31(41)23-12-15-26-27(17-23)38(3)30(24-18-34-20-35-19-24)29(26)22-7-5-4-6-8-22/h9-20,22H,4-8H2,1-3H3,(H,36,42)(H,37,41)(H,39,40)/b16-11+. The first-order valence-corrected chi connectivity index (χ1v) is 14.2. The van der Waals surface area contributed by atoms with Crippen molar-refractivity contribution in [1.29, 1.82) is 0 Å². The van der Waals surface area contributed by atoms with Gasteiger partial charge in [-0.25, -0.2) is 14.8 Å². The smallest absolute Gasteiger partial charge is 0.328 e. The molecule has 2 heterocycles. The van der Waals surface area contributed by atoms with Gasteiger partial charge in [0.25, 0.3) is 5.91 Å². The van der Waals surface area contributed by atoms with E-state index in [9.17, 15) is 14.4 Å². The topological polar surface area (TPSA) is 126 Å². The summed E-state index contributed by atoms with van der Waals surface area (Å²) in [6.45, 7) is 3.31. The quantitative estimate of drug-likeness (QED) is 0.227. The van der Waals surface area contributed by atoms with Gasteiger partial charge in [-0.1, -0.05) is 37.5 Å². The van der Waals surface area contributed by atoms with Crippen LogP contribution in [0.25, 0.3) is 28.2 Å². The second-order valence-corrected chi connectivity index (χ2v) is 11.3. The van der Waals surface area contributed by atoms with Gasteiger partial charge in [-0.15, -0.1) is 0 Å². The number of aryl methyl sites for hydroxylation is 1. The molecule has 0 bridgehead atoms. The Labute approximate surface area is 244 Å². The molecule has 216 valence electrons. The lowest BCUT2D eigenvalue weighted by Gasteiger charge is -2.25. The zero-order valence-corrected chi connectivity index (χ0v) is 24.1. The molecule has 2 amide bonds. The fraction of sp³-hybridized carbons (Fsp3) is 0.303. The van der Waals surface area contributed by atoms with Crippen molar-refractivity contribution in [1.82, 2.24) is 19.9 Å². The molecule has 5 rings (SSSR count). The number of aliphatic carboxylic acids is 1. The van der Waals surface area contributed by atoms with Crippen LogP contribution in [0.5, 0.6) is 0 Å². The number of aromatic nitrogens is 3. The summed E-state index contributed by atoms with van der Waals surface area (Å²) in [4.78, 5) is 45.8. The molecule has 9 nitrogen and oxygen atoms in total. The first-order chi connectivity index (χ1) is 20.1. The number of nitrogens with zero attached hydrogens (tertiary/aromatic N) is 3. The molecule has 0 aliphatic heterocycles. The SMILES string of the molecule is Cn1c(-c2cncnc2)c(C2CCCCC2)c2ccc(C(=O)NC(C)(C)C(=O)Nc3ccc(/C=C/C(=O)O)cc3)cc21. The van der Waals surface area contributed by atoms with Crippen molar-refractivity contribution in [2.24, 2.45) is 7.05 Å². The number of fused-ring (bicyclic) bond motifs is 1. The van der Waals surface area contributed by atoms with E-state index in [0.717, 1.165) is 41.1 Å². The minimum Gasteiger partial charge on any atom is -0.478 e.